The van der Waals surface area contributed by atoms with Crippen LogP contribution in [0.5, 0.6) is 0 Å². The topological polar surface area (TPSA) is 66.4 Å². The minimum absolute atomic E-state index is 0.00643. The van der Waals surface area contributed by atoms with Crippen molar-refractivity contribution in [2.75, 3.05) is 0 Å². The predicted molar refractivity (Wildman–Crippen MR) is 84.5 cm³/mol. The molecule has 2 N–H and O–H groups in total. The van der Waals surface area contributed by atoms with Crippen molar-refractivity contribution in [3.05, 3.63) is 27.2 Å². The zero-order chi connectivity index (χ0) is 15.8. The van der Waals surface area contributed by atoms with Gasteiger partial charge < -0.3 is 5.11 Å². The van der Waals surface area contributed by atoms with E-state index in [2.05, 4.69) is 4.72 Å². The highest BCUT2D eigenvalue weighted by Gasteiger charge is 2.31. The van der Waals surface area contributed by atoms with E-state index in [1.54, 1.807) is 19.9 Å². The van der Waals surface area contributed by atoms with Crippen molar-refractivity contribution in [1.82, 2.24) is 4.72 Å². The molecule has 21 heavy (non-hydrogen) atoms. The van der Waals surface area contributed by atoms with Crippen LogP contribution in [0, 0.1) is 13.8 Å². The number of aryl methyl sites for hydroxylation is 1. The molecule has 0 heterocycles. The van der Waals surface area contributed by atoms with Gasteiger partial charge in [-0.2, -0.15) is 0 Å². The van der Waals surface area contributed by atoms with Gasteiger partial charge in [0.15, 0.2) is 0 Å². The average molecular weight is 352 g/mol. The monoisotopic (exact) mass is 351 g/mol. The maximum Gasteiger partial charge on any atom is 0.242 e. The van der Waals surface area contributed by atoms with Crippen LogP contribution in [0.4, 0.5) is 0 Å². The number of hydrogen-bond acceptors (Lipinski definition) is 3. The molecule has 0 amide bonds. The first kappa shape index (κ1) is 17.0. The van der Waals surface area contributed by atoms with Crippen LogP contribution in [0.15, 0.2) is 11.0 Å². The van der Waals surface area contributed by atoms with Gasteiger partial charge in [-0.1, -0.05) is 36.0 Å². The molecule has 0 unspecified atom stereocenters. The fraction of sp³-hybridized carbons (Fsp3) is 0.571. The number of rotatable bonds is 3. The molecule has 2 atom stereocenters. The Morgan fingerprint density at radius 1 is 1.24 bits per heavy atom. The summed E-state index contributed by atoms with van der Waals surface area (Å²) in [7, 11) is -3.83. The maximum absolute atomic E-state index is 12.6. The first-order valence-corrected chi connectivity index (χ1v) is 9.13. The molecule has 1 aromatic rings. The van der Waals surface area contributed by atoms with E-state index in [0.717, 1.165) is 12.8 Å². The minimum atomic E-state index is -3.83. The van der Waals surface area contributed by atoms with Crippen molar-refractivity contribution in [3.63, 3.8) is 0 Å². The first-order valence-electron chi connectivity index (χ1n) is 6.89. The van der Waals surface area contributed by atoms with Crippen molar-refractivity contribution in [3.8, 4) is 0 Å². The van der Waals surface area contributed by atoms with E-state index >= 15 is 0 Å². The average Bonchev–Trinajstić information content (AvgIpc) is 2.39. The van der Waals surface area contributed by atoms with Gasteiger partial charge in [-0.05, 0) is 43.9 Å². The highest BCUT2D eigenvalue weighted by Crippen LogP contribution is 2.34. The van der Waals surface area contributed by atoms with Gasteiger partial charge in [0.05, 0.1) is 11.1 Å². The molecule has 0 aliphatic heterocycles. The Morgan fingerprint density at radius 2 is 1.86 bits per heavy atom. The summed E-state index contributed by atoms with van der Waals surface area (Å²) in [5, 5.41) is 10.5. The number of halogens is 2. The van der Waals surface area contributed by atoms with Gasteiger partial charge in [0.1, 0.15) is 4.90 Å². The van der Waals surface area contributed by atoms with Crippen LogP contribution in [-0.4, -0.2) is 25.7 Å². The normalized spacial score (nSPS) is 23.3. The maximum atomic E-state index is 12.6. The standard InChI is InChI=1S/C14H19Cl2NO3S/c1-8-7-10(15)9(2)14(13(8)16)21(19,20)17-11-5-3-4-6-12(11)18/h7,11-12,17-18H,3-6H2,1-2H3/t11-,12-/m1/s1. The van der Waals surface area contributed by atoms with Crippen LogP contribution in [0.25, 0.3) is 0 Å². The summed E-state index contributed by atoms with van der Waals surface area (Å²) in [6, 6.07) is 1.17. The van der Waals surface area contributed by atoms with E-state index in [9.17, 15) is 13.5 Å². The number of sulfonamides is 1. The van der Waals surface area contributed by atoms with E-state index in [1.165, 1.54) is 0 Å². The smallest absolute Gasteiger partial charge is 0.242 e. The summed E-state index contributed by atoms with van der Waals surface area (Å²) in [6.07, 6.45) is 2.37. The summed E-state index contributed by atoms with van der Waals surface area (Å²) >= 11 is 12.2. The molecular formula is C14H19Cl2NO3S. The molecule has 0 aromatic heterocycles. The molecule has 0 radical (unpaired) electrons. The second-order valence-corrected chi connectivity index (χ2v) is 7.96. The number of aliphatic hydroxyl groups excluding tert-OH is 1. The summed E-state index contributed by atoms with van der Waals surface area (Å²) in [6.45, 7) is 3.33. The number of benzene rings is 1. The fourth-order valence-corrected chi connectivity index (χ4v) is 5.16. The third-order valence-electron chi connectivity index (χ3n) is 3.89. The molecule has 0 saturated heterocycles. The van der Waals surface area contributed by atoms with Gasteiger partial charge in [0.2, 0.25) is 10.0 Å². The van der Waals surface area contributed by atoms with Crippen LogP contribution in [-0.2, 0) is 10.0 Å². The highest BCUT2D eigenvalue weighted by atomic mass is 35.5. The molecule has 1 saturated carbocycles. The van der Waals surface area contributed by atoms with E-state index < -0.39 is 22.2 Å². The first-order chi connectivity index (χ1) is 9.74. The lowest BCUT2D eigenvalue weighted by Crippen LogP contribution is -2.45. The van der Waals surface area contributed by atoms with Crippen LogP contribution in [0.1, 0.15) is 36.8 Å². The number of nitrogens with one attached hydrogen (secondary N) is 1. The molecule has 1 aliphatic rings. The van der Waals surface area contributed by atoms with Crippen LogP contribution in [0.3, 0.4) is 0 Å². The molecule has 1 aromatic carbocycles. The summed E-state index contributed by atoms with van der Waals surface area (Å²) in [5.74, 6) is 0. The van der Waals surface area contributed by atoms with Crippen molar-refractivity contribution >= 4 is 33.2 Å². The Hall–Kier alpha value is -0.330. The highest BCUT2D eigenvalue weighted by molar-refractivity contribution is 7.89. The van der Waals surface area contributed by atoms with Gasteiger partial charge >= 0.3 is 0 Å². The quantitative estimate of drug-likeness (QED) is 0.878. The minimum Gasteiger partial charge on any atom is -0.391 e. The van der Waals surface area contributed by atoms with Gasteiger partial charge in [-0.3, -0.25) is 0 Å². The third kappa shape index (κ3) is 3.54. The molecule has 118 valence electrons. The molecule has 7 heteroatoms. The SMILES string of the molecule is Cc1cc(Cl)c(C)c(S(=O)(=O)N[C@@H]2CCCC[C@H]2O)c1Cl. The Labute approximate surface area is 135 Å². The molecular weight excluding hydrogens is 333 g/mol. The number of aliphatic hydroxyl groups is 1. The second kappa shape index (κ2) is 6.42. The summed E-state index contributed by atoms with van der Waals surface area (Å²) < 4.78 is 27.8. The largest absolute Gasteiger partial charge is 0.391 e. The molecule has 0 bridgehead atoms. The molecule has 2 rings (SSSR count). The van der Waals surface area contributed by atoms with Gasteiger partial charge in [0.25, 0.3) is 0 Å². The van der Waals surface area contributed by atoms with E-state index in [-0.39, 0.29) is 9.92 Å². The van der Waals surface area contributed by atoms with Crippen molar-refractivity contribution in [2.45, 2.75) is 56.6 Å². The van der Waals surface area contributed by atoms with Crippen molar-refractivity contribution in [2.24, 2.45) is 0 Å². The molecule has 4 nitrogen and oxygen atoms in total. The Kier molecular flexibility index (Phi) is 5.21. The Bertz CT molecular complexity index is 620. The summed E-state index contributed by atoms with van der Waals surface area (Å²) in [5.41, 5.74) is 1.03. The van der Waals surface area contributed by atoms with E-state index in [0.29, 0.717) is 29.0 Å². The lowest BCUT2D eigenvalue weighted by molar-refractivity contribution is 0.101. The molecule has 0 spiro atoms. The summed E-state index contributed by atoms with van der Waals surface area (Å²) in [4.78, 5) is 0.00643. The molecule has 1 aliphatic carbocycles. The van der Waals surface area contributed by atoms with Crippen molar-refractivity contribution < 1.29 is 13.5 Å². The Balaban J connectivity index is 2.40. The van der Waals surface area contributed by atoms with E-state index in [4.69, 9.17) is 23.2 Å². The zero-order valence-electron chi connectivity index (χ0n) is 12.0. The van der Waals surface area contributed by atoms with Gasteiger partial charge in [0, 0.05) is 11.1 Å². The van der Waals surface area contributed by atoms with Crippen LogP contribution < -0.4 is 4.72 Å². The predicted octanol–water partition coefficient (Wildman–Crippen LogP) is 3.19. The fourth-order valence-electron chi connectivity index (χ4n) is 2.64. The van der Waals surface area contributed by atoms with Gasteiger partial charge in [-0.15, -0.1) is 0 Å². The number of hydrogen-bond donors (Lipinski definition) is 2. The lowest BCUT2D eigenvalue weighted by Gasteiger charge is -2.28. The van der Waals surface area contributed by atoms with Crippen LogP contribution >= 0.6 is 23.2 Å². The Morgan fingerprint density at radius 3 is 2.48 bits per heavy atom. The zero-order valence-corrected chi connectivity index (χ0v) is 14.3. The third-order valence-corrected chi connectivity index (χ3v) is 6.54. The molecule has 1 fully saturated rings. The van der Waals surface area contributed by atoms with Crippen molar-refractivity contribution in [1.29, 1.82) is 0 Å². The lowest BCUT2D eigenvalue weighted by atomic mass is 9.93. The second-order valence-electron chi connectivity index (χ2n) is 5.52. The van der Waals surface area contributed by atoms with E-state index in [1.807, 2.05) is 0 Å². The van der Waals surface area contributed by atoms with Crippen LogP contribution in [0.2, 0.25) is 10.0 Å². The van der Waals surface area contributed by atoms with Gasteiger partial charge in [-0.25, -0.2) is 13.1 Å².